The van der Waals surface area contributed by atoms with Crippen LogP contribution in [0.3, 0.4) is 0 Å². The van der Waals surface area contributed by atoms with Gasteiger partial charge in [0.15, 0.2) is 0 Å². The van der Waals surface area contributed by atoms with Gasteiger partial charge in [-0.1, -0.05) is 40.0 Å². The molecule has 0 bridgehead atoms. The standard InChI is InChI=1S/C11H26N2O2/c1-4-5-6-7-11(13-15,10(2)3)12-8-9-14/h10,12-15H,4-9H2,1-3H3. The van der Waals surface area contributed by atoms with Crippen LogP contribution in [0.15, 0.2) is 0 Å². The largest absolute Gasteiger partial charge is 0.395 e. The van der Waals surface area contributed by atoms with Crippen molar-refractivity contribution in [3.63, 3.8) is 0 Å². The van der Waals surface area contributed by atoms with Crippen molar-refractivity contribution in [1.29, 1.82) is 0 Å². The van der Waals surface area contributed by atoms with Gasteiger partial charge in [0.1, 0.15) is 0 Å². The monoisotopic (exact) mass is 218 g/mol. The molecule has 0 saturated heterocycles. The van der Waals surface area contributed by atoms with Gasteiger partial charge in [-0.2, -0.15) is 5.48 Å². The Morgan fingerprint density at radius 3 is 2.33 bits per heavy atom. The lowest BCUT2D eigenvalue weighted by Gasteiger charge is -2.37. The first-order valence-corrected chi connectivity index (χ1v) is 5.90. The molecule has 0 rings (SSSR count). The van der Waals surface area contributed by atoms with E-state index in [9.17, 15) is 5.21 Å². The average molecular weight is 218 g/mol. The second kappa shape index (κ2) is 8.05. The molecule has 0 spiro atoms. The van der Waals surface area contributed by atoms with Gasteiger partial charge in [0.05, 0.1) is 12.3 Å². The molecule has 0 aliphatic heterocycles. The Morgan fingerprint density at radius 1 is 1.27 bits per heavy atom. The fourth-order valence-electron chi connectivity index (χ4n) is 1.74. The molecule has 0 amide bonds. The quantitative estimate of drug-likeness (QED) is 0.269. The number of hydrogen-bond donors (Lipinski definition) is 4. The van der Waals surface area contributed by atoms with Crippen LogP contribution in [-0.4, -0.2) is 29.1 Å². The molecule has 1 atom stereocenters. The highest BCUT2D eigenvalue weighted by molar-refractivity contribution is 4.85. The van der Waals surface area contributed by atoms with Crippen molar-refractivity contribution in [3.05, 3.63) is 0 Å². The van der Waals surface area contributed by atoms with Gasteiger partial charge < -0.3 is 10.3 Å². The predicted octanol–water partition coefficient (Wildman–Crippen LogP) is 1.48. The lowest BCUT2D eigenvalue weighted by molar-refractivity contribution is -0.00132. The maximum absolute atomic E-state index is 9.28. The first-order valence-electron chi connectivity index (χ1n) is 5.90. The molecule has 0 aromatic heterocycles. The molecule has 4 nitrogen and oxygen atoms in total. The van der Waals surface area contributed by atoms with E-state index in [2.05, 4.69) is 31.6 Å². The van der Waals surface area contributed by atoms with Gasteiger partial charge in [-0.15, -0.1) is 0 Å². The highest BCUT2D eigenvalue weighted by Gasteiger charge is 2.31. The number of unbranched alkanes of at least 4 members (excludes halogenated alkanes) is 2. The summed E-state index contributed by atoms with van der Waals surface area (Å²) in [7, 11) is 0. The predicted molar refractivity (Wildman–Crippen MR) is 61.7 cm³/mol. The topological polar surface area (TPSA) is 64.5 Å². The van der Waals surface area contributed by atoms with E-state index in [1.54, 1.807) is 0 Å². The summed E-state index contributed by atoms with van der Waals surface area (Å²) >= 11 is 0. The van der Waals surface area contributed by atoms with Gasteiger partial charge >= 0.3 is 0 Å². The molecule has 0 aromatic rings. The van der Waals surface area contributed by atoms with E-state index in [-0.39, 0.29) is 12.5 Å². The fourth-order valence-corrected chi connectivity index (χ4v) is 1.74. The molecule has 4 N–H and O–H groups in total. The Labute approximate surface area is 93.0 Å². The van der Waals surface area contributed by atoms with E-state index >= 15 is 0 Å². The second-order valence-electron chi connectivity index (χ2n) is 4.35. The number of hydrogen-bond acceptors (Lipinski definition) is 4. The van der Waals surface area contributed by atoms with Crippen LogP contribution in [0.25, 0.3) is 0 Å². The van der Waals surface area contributed by atoms with Crippen molar-refractivity contribution >= 4 is 0 Å². The third kappa shape index (κ3) is 4.93. The fraction of sp³-hybridized carbons (Fsp3) is 1.00. The minimum absolute atomic E-state index is 0.0872. The van der Waals surface area contributed by atoms with Crippen LogP contribution in [0.1, 0.15) is 46.5 Å². The van der Waals surface area contributed by atoms with Crippen LogP contribution >= 0.6 is 0 Å². The van der Waals surface area contributed by atoms with Gasteiger partial charge in [0.25, 0.3) is 0 Å². The summed E-state index contributed by atoms with van der Waals surface area (Å²) in [6.07, 6.45) is 4.27. The first kappa shape index (κ1) is 14.8. The van der Waals surface area contributed by atoms with E-state index in [4.69, 9.17) is 5.11 Å². The number of hydroxylamine groups is 1. The SMILES string of the molecule is CCCCCC(NO)(NCCO)C(C)C. The molecule has 0 heterocycles. The Hall–Kier alpha value is -0.160. The number of aliphatic hydroxyl groups excluding tert-OH is 1. The Kier molecular flexibility index (Phi) is 7.96. The highest BCUT2D eigenvalue weighted by atomic mass is 16.5. The highest BCUT2D eigenvalue weighted by Crippen LogP contribution is 2.20. The Balaban J connectivity index is 4.23. The van der Waals surface area contributed by atoms with Crippen molar-refractivity contribution in [2.75, 3.05) is 13.2 Å². The zero-order chi connectivity index (χ0) is 11.7. The Bertz CT molecular complexity index is 154. The van der Waals surface area contributed by atoms with Gasteiger partial charge in [0.2, 0.25) is 0 Å². The molecular formula is C11H26N2O2. The summed E-state index contributed by atoms with van der Waals surface area (Å²) in [6.45, 7) is 6.85. The van der Waals surface area contributed by atoms with E-state index in [0.29, 0.717) is 6.54 Å². The average Bonchev–Trinajstić information content (AvgIpc) is 2.23. The zero-order valence-electron chi connectivity index (χ0n) is 10.2. The van der Waals surface area contributed by atoms with Gasteiger partial charge in [-0.05, 0) is 12.3 Å². The maximum atomic E-state index is 9.28. The molecule has 1 unspecified atom stereocenters. The van der Waals surface area contributed by atoms with Crippen LogP contribution in [0, 0.1) is 5.92 Å². The normalized spacial score (nSPS) is 15.6. The third-order valence-electron chi connectivity index (χ3n) is 2.91. The molecule has 0 fully saturated rings. The molecule has 4 heteroatoms. The lowest BCUT2D eigenvalue weighted by Crippen LogP contribution is -2.60. The summed E-state index contributed by atoms with van der Waals surface area (Å²) in [4.78, 5) is 0. The number of nitrogens with one attached hydrogen (secondary N) is 2. The molecule has 92 valence electrons. The Morgan fingerprint density at radius 2 is 1.93 bits per heavy atom. The van der Waals surface area contributed by atoms with Crippen molar-refractivity contribution in [2.45, 2.75) is 52.1 Å². The van der Waals surface area contributed by atoms with Crippen LogP contribution < -0.4 is 10.8 Å². The maximum Gasteiger partial charge on any atom is 0.0943 e. The number of rotatable bonds is 9. The van der Waals surface area contributed by atoms with Gasteiger partial charge in [0, 0.05) is 6.54 Å². The smallest absolute Gasteiger partial charge is 0.0943 e. The lowest BCUT2D eigenvalue weighted by atomic mass is 9.90. The summed E-state index contributed by atoms with van der Waals surface area (Å²) in [6, 6.07) is 0. The van der Waals surface area contributed by atoms with Crippen LogP contribution in [0.4, 0.5) is 0 Å². The van der Waals surface area contributed by atoms with Crippen molar-refractivity contribution in [3.8, 4) is 0 Å². The molecule has 0 aliphatic rings. The third-order valence-corrected chi connectivity index (χ3v) is 2.91. The summed E-state index contributed by atoms with van der Waals surface area (Å²) in [5, 5.41) is 21.3. The van der Waals surface area contributed by atoms with Crippen LogP contribution in [0.2, 0.25) is 0 Å². The van der Waals surface area contributed by atoms with Crippen molar-refractivity contribution in [2.24, 2.45) is 5.92 Å². The summed E-state index contributed by atoms with van der Waals surface area (Å²) in [5.41, 5.74) is 1.93. The van der Waals surface area contributed by atoms with Crippen LogP contribution in [-0.2, 0) is 0 Å². The molecule has 0 saturated carbocycles. The molecule has 0 aromatic carbocycles. The molecular weight excluding hydrogens is 192 g/mol. The molecule has 15 heavy (non-hydrogen) atoms. The molecule has 0 radical (unpaired) electrons. The van der Waals surface area contributed by atoms with E-state index < -0.39 is 5.66 Å². The summed E-state index contributed by atoms with van der Waals surface area (Å²) in [5.74, 6) is 0.269. The van der Waals surface area contributed by atoms with E-state index in [1.807, 2.05) is 0 Å². The minimum atomic E-state index is -0.460. The minimum Gasteiger partial charge on any atom is -0.395 e. The number of aliphatic hydroxyl groups is 1. The van der Waals surface area contributed by atoms with Crippen molar-refractivity contribution < 1.29 is 10.3 Å². The van der Waals surface area contributed by atoms with E-state index in [1.165, 1.54) is 6.42 Å². The van der Waals surface area contributed by atoms with Crippen LogP contribution in [0.5, 0.6) is 0 Å². The second-order valence-corrected chi connectivity index (χ2v) is 4.35. The van der Waals surface area contributed by atoms with Crippen molar-refractivity contribution in [1.82, 2.24) is 10.8 Å². The zero-order valence-corrected chi connectivity index (χ0v) is 10.2. The van der Waals surface area contributed by atoms with E-state index in [0.717, 1.165) is 19.3 Å². The first-order chi connectivity index (χ1) is 7.13. The summed E-state index contributed by atoms with van der Waals surface area (Å²) < 4.78 is 0. The van der Waals surface area contributed by atoms with Gasteiger partial charge in [-0.3, -0.25) is 5.32 Å². The van der Waals surface area contributed by atoms with Gasteiger partial charge in [-0.25, -0.2) is 0 Å². The molecule has 0 aliphatic carbocycles.